The second-order valence-electron chi connectivity index (χ2n) is 6.24. The Morgan fingerprint density at radius 2 is 1.96 bits per heavy atom. The normalized spacial score (nSPS) is 12.3. The van der Waals surface area contributed by atoms with E-state index >= 15 is 0 Å². The number of amides is 1. The van der Waals surface area contributed by atoms with E-state index in [1.165, 1.54) is 0 Å². The van der Waals surface area contributed by atoms with Crippen LogP contribution in [0.1, 0.15) is 54.5 Å². The molecule has 0 N–H and O–H groups in total. The molecule has 2 heterocycles. The number of hydrogen-bond acceptors (Lipinski definition) is 4. The van der Waals surface area contributed by atoms with Gasteiger partial charge in [0.2, 0.25) is 0 Å². The first kappa shape index (κ1) is 17.1. The maximum absolute atomic E-state index is 12.8. The van der Waals surface area contributed by atoms with E-state index in [4.69, 9.17) is 0 Å². The third-order valence-electron chi connectivity index (χ3n) is 3.74. The molecule has 5 nitrogen and oxygen atoms in total. The molecule has 0 radical (unpaired) electrons. The number of carbonyl (C=O) groups excluding carboxylic acids is 1. The number of hydrogen-bond donors (Lipinski definition) is 0. The molecule has 2 aromatic heterocycles. The maximum Gasteiger partial charge on any atom is 0.272 e. The molecule has 0 saturated carbocycles. The number of carbonyl (C=O) groups is 1. The Kier molecular flexibility index (Phi) is 5.42. The lowest BCUT2D eigenvalue weighted by Crippen LogP contribution is -2.31. The zero-order chi connectivity index (χ0) is 17.0. The molecule has 0 saturated heterocycles. The van der Waals surface area contributed by atoms with Crippen molar-refractivity contribution in [2.24, 2.45) is 5.92 Å². The average Bonchev–Trinajstić information content (AvgIpc) is 2.52. The van der Waals surface area contributed by atoms with Gasteiger partial charge < -0.3 is 4.90 Å². The fourth-order valence-electron chi connectivity index (χ4n) is 2.44. The summed E-state index contributed by atoms with van der Waals surface area (Å²) in [6.45, 7) is 8.05. The van der Waals surface area contributed by atoms with Gasteiger partial charge in [0.25, 0.3) is 5.91 Å². The zero-order valence-corrected chi connectivity index (χ0v) is 14.4. The summed E-state index contributed by atoms with van der Waals surface area (Å²) < 4.78 is 0. The first-order valence-corrected chi connectivity index (χ1v) is 7.91. The molecular weight excluding hydrogens is 288 g/mol. The molecule has 1 amide bonds. The molecule has 122 valence electrons. The molecule has 0 aromatic carbocycles. The summed E-state index contributed by atoms with van der Waals surface area (Å²) in [5, 5.41) is 0. The van der Waals surface area contributed by atoms with Gasteiger partial charge in [-0.25, -0.2) is 9.97 Å². The molecule has 0 aliphatic rings. The second-order valence-corrected chi connectivity index (χ2v) is 6.24. The van der Waals surface area contributed by atoms with Crippen LogP contribution in [0.2, 0.25) is 0 Å². The van der Waals surface area contributed by atoms with Crippen molar-refractivity contribution in [2.75, 3.05) is 7.05 Å². The Morgan fingerprint density at radius 1 is 1.22 bits per heavy atom. The molecule has 23 heavy (non-hydrogen) atoms. The number of aromatic nitrogens is 3. The van der Waals surface area contributed by atoms with Crippen LogP contribution in [0.15, 0.2) is 30.5 Å². The van der Waals surface area contributed by atoms with Gasteiger partial charge in [-0.1, -0.05) is 19.9 Å². The average molecular weight is 312 g/mol. The van der Waals surface area contributed by atoms with Crippen LogP contribution in [0.25, 0.3) is 0 Å². The van der Waals surface area contributed by atoms with Gasteiger partial charge >= 0.3 is 0 Å². The summed E-state index contributed by atoms with van der Waals surface area (Å²) in [7, 11) is 1.78. The third-order valence-corrected chi connectivity index (χ3v) is 3.74. The molecule has 1 atom stereocenters. The number of rotatable bonds is 5. The Balaban J connectivity index is 2.24. The predicted octanol–water partition coefficient (Wildman–Crippen LogP) is 3.21. The molecule has 0 fully saturated rings. The van der Waals surface area contributed by atoms with Gasteiger partial charge in [-0.3, -0.25) is 9.78 Å². The third kappa shape index (κ3) is 4.34. The molecule has 0 bridgehead atoms. The van der Waals surface area contributed by atoms with Crippen LogP contribution >= 0.6 is 0 Å². The fourth-order valence-corrected chi connectivity index (χ4v) is 2.44. The van der Waals surface area contributed by atoms with E-state index in [0.29, 0.717) is 17.4 Å². The molecule has 2 aromatic rings. The van der Waals surface area contributed by atoms with Gasteiger partial charge in [0.15, 0.2) is 0 Å². The minimum absolute atomic E-state index is 0.112. The summed E-state index contributed by atoms with van der Waals surface area (Å²) in [6.07, 6.45) is 2.57. The molecule has 5 heteroatoms. The zero-order valence-electron chi connectivity index (χ0n) is 14.4. The minimum atomic E-state index is -0.118. The van der Waals surface area contributed by atoms with E-state index in [9.17, 15) is 4.79 Å². The topological polar surface area (TPSA) is 59.0 Å². The lowest BCUT2D eigenvalue weighted by molar-refractivity contribution is 0.0733. The van der Waals surface area contributed by atoms with Gasteiger partial charge in [0.05, 0.1) is 11.7 Å². The Labute approximate surface area is 137 Å². The molecule has 2 rings (SSSR count). The van der Waals surface area contributed by atoms with Gasteiger partial charge in [-0.2, -0.15) is 0 Å². The van der Waals surface area contributed by atoms with Crippen molar-refractivity contribution in [2.45, 2.75) is 40.2 Å². The van der Waals surface area contributed by atoms with E-state index in [0.717, 1.165) is 17.8 Å². The van der Waals surface area contributed by atoms with E-state index in [-0.39, 0.29) is 11.9 Å². The highest BCUT2D eigenvalue weighted by atomic mass is 16.2. The van der Waals surface area contributed by atoms with Crippen LogP contribution < -0.4 is 0 Å². The highest BCUT2D eigenvalue weighted by Gasteiger charge is 2.21. The molecule has 0 aliphatic heterocycles. The monoisotopic (exact) mass is 312 g/mol. The molecular formula is C18H24N4O. The van der Waals surface area contributed by atoms with E-state index in [1.54, 1.807) is 24.2 Å². The fraction of sp³-hybridized carbons (Fsp3) is 0.444. The van der Waals surface area contributed by atoms with Crippen LogP contribution in [-0.2, 0) is 6.42 Å². The molecule has 1 unspecified atom stereocenters. The van der Waals surface area contributed by atoms with E-state index in [1.807, 2.05) is 32.0 Å². The van der Waals surface area contributed by atoms with Crippen molar-refractivity contribution in [3.8, 4) is 0 Å². The Bertz CT molecular complexity index is 670. The van der Waals surface area contributed by atoms with Crippen molar-refractivity contribution in [3.05, 3.63) is 53.4 Å². The predicted molar refractivity (Wildman–Crippen MR) is 90.1 cm³/mol. The van der Waals surface area contributed by atoms with Crippen molar-refractivity contribution in [3.63, 3.8) is 0 Å². The molecule has 0 aliphatic carbocycles. The molecule has 0 spiro atoms. The second kappa shape index (κ2) is 7.31. The lowest BCUT2D eigenvalue weighted by Gasteiger charge is -2.24. The first-order chi connectivity index (χ1) is 10.9. The lowest BCUT2D eigenvalue weighted by atomic mass is 10.1. The number of nitrogens with zero attached hydrogens (tertiary/aromatic N) is 4. The smallest absolute Gasteiger partial charge is 0.272 e. The maximum atomic E-state index is 12.8. The van der Waals surface area contributed by atoms with Gasteiger partial charge in [0, 0.05) is 18.9 Å². The summed E-state index contributed by atoms with van der Waals surface area (Å²) >= 11 is 0. The van der Waals surface area contributed by atoms with Crippen LogP contribution in [0.5, 0.6) is 0 Å². The van der Waals surface area contributed by atoms with Crippen molar-refractivity contribution in [1.82, 2.24) is 19.9 Å². The SMILES string of the molecule is Cc1nc(CC(C)C)cc(C(=O)N(C)C(C)c2ccccn2)n1. The van der Waals surface area contributed by atoms with Crippen LogP contribution in [0.4, 0.5) is 0 Å². The highest BCUT2D eigenvalue weighted by molar-refractivity contribution is 5.92. The number of pyridine rings is 1. The largest absolute Gasteiger partial charge is 0.332 e. The van der Waals surface area contributed by atoms with Gasteiger partial charge in [-0.15, -0.1) is 0 Å². The van der Waals surface area contributed by atoms with Crippen LogP contribution in [0, 0.1) is 12.8 Å². The Morgan fingerprint density at radius 3 is 2.57 bits per heavy atom. The van der Waals surface area contributed by atoms with Crippen LogP contribution in [0.3, 0.4) is 0 Å². The van der Waals surface area contributed by atoms with E-state index in [2.05, 4.69) is 28.8 Å². The van der Waals surface area contributed by atoms with Gasteiger partial charge in [0.1, 0.15) is 11.5 Å². The summed E-state index contributed by atoms with van der Waals surface area (Å²) in [4.78, 5) is 27.5. The van der Waals surface area contributed by atoms with Crippen molar-refractivity contribution in [1.29, 1.82) is 0 Å². The number of aryl methyl sites for hydroxylation is 1. The summed E-state index contributed by atoms with van der Waals surface area (Å²) in [5.41, 5.74) is 2.21. The van der Waals surface area contributed by atoms with Crippen LogP contribution in [-0.4, -0.2) is 32.8 Å². The summed E-state index contributed by atoms with van der Waals surface area (Å²) in [6, 6.07) is 7.39. The minimum Gasteiger partial charge on any atom is -0.332 e. The van der Waals surface area contributed by atoms with Crippen molar-refractivity contribution >= 4 is 5.91 Å². The first-order valence-electron chi connectivity index (χ1n) is 7.91. The van der Waals surface area contributed by atoms with Gasteiger partial charge in [-0.05, 0) is 44.4 Å². The standard InChI is InChI=1S/C18H24N4O/c1-12(2)10-15-11-17(21-14(4)20-15)18(23)22(5)13(3)16-8-6-7-9-19-16/h6-9,11-13H,10H2,1-5H3. The highest BCUT2D eigenvalue weighted by Crippen LogP contribution is 2.18. The Hall–Kier alpha value is -2.30. The van der Waals surface area contributed by atoms with E-state index < -0.39 is 0 Å². The quantitative estimate of drug-likeness (QED) is 0.850. The van der Waals surface area contributed by atoms with Crippen molar-refractivity contribution < 1.29 is 4.79 Å². The summed E-state index contributed by atoms with van der Waals surface area (Å²) in [5.74, 6) is 1.00.